The molecule has 0 amide bonds. The Labute approximate surface area is 114 Å². The second-order valence-corrected chi connectivity index (χ2v) is 4.71. The normalized spacial score (nSPS) is 11.3. The maximum Gasteiger partial charge on any atom is 0.0809 e. The molecular weight excluding hydrogens is 297 g/mol. The Morgan fingerprint density at radius 1 is 0.800 bits per heavy atom. The Morgan fingerprint density at radius 2 is 1.20 bits per heavy atom. The highest BCUT2D eigenvalue weighted by atomic mass is 35.5. The molecule has 0 saturated carbocycles. The van der Waals surface area contributed by atoms with E-state index in [0.29, 0.717) is 22.0 Å². The van der Waals surface area contributed by atoms with E-state index in [-0.39, 0.29) is 15.1 Å². The summed E-state index contributed by atoms with van der Waals surface area (Å²) in [6.07, 6.45) is 4.38. The molecule has 15 heavy (non-hydrogen) atoms. The molecule has 0 bridgehead atoms. The molecule has 0 aliphatic rings. The molecule has 0 aliphatic heterocycles. The zero-order valence-corrected chi connectivity index (χ0v) is 11.5. The first-order valence-corrected chi connectivity index (χ1v) is 6.01. The summed E-state index contributed by atoms with van der Waals surface area (Å²) in [5.74, 6) is 0. The molecule has 0 aromatic heterocycles. The van der Waals surface area contributed by atoms with Crippen molar-refractivity contribution in [3.63, 3.8) is 0 Å². The van der Waals surface area contributed by atoms with E-state index in [1.165, 1.54) is 0 Å². The minimum Gasteiger partial charge on any atom is -0.0913 e. The van der Waals surface area contributed by atoms with Gasteiger partial charge in [0.2, 0.25) is 0 Å². The van der Waals surface area contributed by atoms with Crippen LogP contribution in [0.2, 0.25) is 25.1 Å². The maximum absolute atomic E-state index is 6.02. The highest BCUT2D eigenvalue weighted by molar-refractivity contribution is 6.55. The number of benzene rings is 1. The average molecular weight is 304 g/mol. The lowest BCUT2D eigenvalue weighted by Gasteiger charge is -2.10. The van der Waals surface area contributed by atoms with Gasteiger partial charge in [-0.25, -0.2) is 0 Å². The molecule has 5 heteroatoms. The summed E-state index contributed by atoms with van der Waals surface area (Å²) in [5, 5.41) is 1.39. The van der Waals surface area contributed by atoms with Gasteiger partial charge in [-0.05, 0) is 18.9 Å². The second-order valence-electron chi connectivity index (χ2n) is 2.82. The maximum atomic E-state index is 6.02. The summed E-state index contributed by atoms with van der Waals surface area (Å²) >= 11 is 29.7. The van der Waals surface area contributed by atoms with Crippen molar-refractivity contribution in [1.82, 2.24) is 0 Å². The predicted octanol–water partition coefficient (Wildman–Crippen LogP) is 6.07. The zero-order chi connectivity index (χ0) is 11.6. The molecule has 1 aromatic rings. The topological polar surface area (TPSA) is 0 Å². The van der Waals surface area contributed by atoms with E-state index in [9.17, 15) is 0 Å². The van der Waals surface area contributed by atoms with Crippen LogP contribution in [0.4, 0.5) is 0 Å². The minimum atomic E-state index is 0.192. The van der Waals surface area contributed by atoms with E-state index in [4.69, 9.17) is 58.0 Å². The van der Waals surface area contributed by atoms with Crippen LogP contribution in [0.5, 0.6) is 0 Å². The molecule has 0 aliphatic carbocycles. The van der Waals surface area contributed by atoms with Gasteiger partial charge in [0.05, 0.1) is 25.1 Å². The van der Waals surface area contributed by atoms with Crippen molar-refractivity contribution >= 4 is 58.0 Å². The van der Waals surface area contributed by atoms with Crippen LogP contribution in [0.25, 0.3) is 0 Å². The van der Waals surface area contributed by atoms with Crippen LogP contribution in [-0.2, 0) is 6.42 Å². The summed E-state index contributed by atoms with van der Waals surface area (Å²) < 4.78 is 0. The SMILES string of the molecule is CC=CCc1c(Cl)c(Cl)c(Cl)c(Cl)c1Cl. The van der Waals surface area contributed by atoms with Gasteiger partial charge in [-0.1, -0.05) is 70.2 Å². The number of halogens is 5. The first-order valence-electron chi connectivity index (χ1n) is 4.12. The van der Waals surface area contributed by atoms with Gasteiger partial charge in [0.1, 0.15) is 0 Å². The summed E-state index contributed by atoms with van der Waals surface area (Å²) in [5.41, 5.74) is 0.691. The molecular formula is C10H7Cl5. The third-order valence-electron chi connectivity index (χ3n) is 1.86. The smallest absolute Gasteiger partial charge is 0.0809 e. The molecule has 0 nitrogen and oxygen atoms in total. The van der Waals surface area contributed by atoms with E-state index >= 15 is 0 Å². The van der Waals surface area contributed by atoms with E-state index in [1.807, 2.05) is 19.1 Å². The Morgan fingerprint density at radius 3 is 1.60 bits per heavy atom. The second kappa shape index (κ2) is 5.65. The quantitative estimate of drug-likeness (QED) is 0.353. The lowest BCUT2D eigenvalue weighted by Crippen LogP contribution is -1.89. The fourth-order valence-electron chi connectivity index (χ4n) is 1.07. The molecule has 0 atom stereocenters. The Kier molecular flexibility index (Phi) is 5.08. The van der Waals surface area contributed by atoms with Crippen molar-refractivity contribution in [2.75, 3.05) is 0 Å². The number of rotatable bonds is 2. The first kappa shape index (κ1) is 13.5. The van der Waals surface area contributed by atoms with Crippen LogP contribution in [0.1, 0.15) is 12.5 Å². The van der Waals surface area contributed by atoms with Crippen molar-refractivity contribution in [1.29, 1.82) is 0 Å². The van der Waals surface area contributed by atoms with Crippen molar-refractivity contribution in [3.05, 3.63) is 42.8 Å². The summed E-state index contributed by atoms with van der Waals surface area (Å²) in [6.45, 7) is 1.90. The molecule has 1 rings (SSSR count). The van der Waals surface area contributed by atoms with Gasteiger partial charge in [0.15, 0.2) is 0 Å². The van der Waals surface area contributed by atoms with Crippen molar-refractivity contribution in [2.45, 2.75) is 13.3 Å². The number of allylic oxidation sites excluding steroid dienone is 2. The van der Waals surface area contributed by atoms with Gasteiger partial charge in [0.25, 0.3) is 0 Å². The number of hydrogen-bond donors (Lipinski definition) is 0. The van der Waals surface area contributed by atoms with E-state index in [0.717, 1.165) is 0 Å². The zero-order valence-electron chi connectivity index (χ0n) is 7.75. The molecule has 0 fully saturated rings. The fraction of sp³-hybridized carbons (Fsp3) is 0.200. The van der Waals surface area contributed by atoms with E-state index < -0.39 is 0 Å². The average Bonchev–Trinajstić information content (AvgIpc) is 2.24. The van der Waals surface area contributed by atoms with Gasteiger partial charge in [-0.15, -0.1) is 0 Å². The highest BCUT2D eigenvalue weighted by Crippen LogP contribution is 2.44. The number of hydrogen-bond acceptors (Lipinski definition) is 0. The molecule has 0 N–H and O–H groups in total. The third-order valence-corrected chi connectivity index (χ3v) is 4.21. The summed E-state index contributed by atoms with van der Waals surface area (Å²) in [4.78, 5) is 0. The van der Waals surface area contributed by atoms with Gasteiger partial charge in [-0.3, -0.25) is 0 Å². The Hall–Kier alpha value is 0.410. The minimum absolute atomic E-state index is 0.192. The van der Waals surface area contributed by atoms with Gasteiger partial charge in [-0.2, -0.15) is 0 Å². The van der Waals surface area contributed by atoms with Crippen molar-refractivity contribution in [2.24, 2.45) is 0 Å². The standard InChI is InChI=1S/C10H7Cl5/c1-2-3-4-5-6(11)8(13)10(15)9(14)7(5)12/h2-3H,4H2,1H3. The van der Waals surface area contributed by atoms with E-state index in [1.54, 1.807) is 0 Å². The molecule has 0 radical (unpaired) electrons. The Bertz CT molecular complexity index is 380. The van der Waals surface area contributed by atoms with Crippen LogP contribution >= 0.6 is 58.0 Å². The lowest BCUT2D eigenvalue weighted by molar-refractivity contribution is 1.26. The van der Waals surface area contributed by atoms with Gasteiger partial charge in [0, 0.05) is 0 Å². The monoisotopic (exact) mass is 302 g/mol. The van der Waals surface area contributed by atoms with Crippen molar-refractivity contribution < 1.29 is 0 Å². The van der Waals surface area contributed by atoms with Gasteiger partial charge >= 0.3 is 0 Å². The Balaban J connectivity index is 3.38. The van der Waals surface area contributed by atoms with Crippen LogP contribution < -0.4 is 0 Å². The summed E-state index contributed by atoms with van der Waals surface area (Å²) in [6, 6.07) is 0. The molecule has 82 valence electrons. The lowest BCUT2D eigenvalue weighted by atomic mass is 10.1. The van der Waals surface area contributed by atoms with Crippen LogP contribution in [-0.4, -0.2) is 0 Å². The fourth-order valence-corrected chi connectivity index (χ4v) is 2.40. The van der Waals surface area contributed by atoms with Crippen LogP contribution in [0.3, 0.4) is 0 Å². The molecule has 0 unspecified atom stereocenters. The van der Waals surface area contributed by atoms with Crippen LogP contribution in [0.15, 0.2) is 12.2 Å². The highest BCUT2D eigenvalue weighted by Gasteiger charge is 2.17. The summed E-state index contributed by atoms with van der Waals surface area (Å²) in [7, 11) is 0. The third kappa shape index (κ3) is 2.75. The molecule has 0 saturated heterocycles. The van der Waals surface area contributed by atoms with Crippen molar-refractivity contribution in [3.8, 4) is 0 Å². The largest absolute Gasteiger partial charge is 0.0913 e. The molecule has 1 aromatic carbocycles. The van der Waals surface area contributed by atoms with Crippen LogP contribution in [0, 0.1) is 0 Å². The van der Waals surface area contributed by atoms with Gasteiger partial charge < -0.3 is 0 Å². The first-order chi connectivity index (χ1) is 7.00. The molecule has 0 heterocycles. The molecule has 0 spiro atoms. The predicted molar refractivity (Wildman–Crippen MR) is 70.0 cm³/mol. The van der Waals surface area contributed by atoms with E-state index in [2.05, 4.69) is 0 Å².